The van der Waals surface area contributed by atoms with Crippen LogP contribution in [0.5, 0.6) is 0 Å². The summed E-state index contributed by atoms with van der Waals surface area (Å²) in [6.45, 7) is 5.41. The fourth-order valence-corrected chi connectivity index (χ4v) is 3.38. The first kappa shape index (κ1) is 15.7. The number of aliphatic imine (C=N–C) groups is 1. The summed E-state index contributed by atoms with van der Waals surface area (Å²) in [6, 6.07) is 9.80. The molecule has 0 saturated carbocycles. The molecule has 0 bridgehead atoms. The molecule has 0 aliphatic carbocycles. The minimum Gasteiger partial charge on any atom is -0.286 e. The predicted octanol–water partition coefficient (Wildman–Crippen LogP) is 3.44. The topological polar surface area (TPSA) is 45.6 Å². The van der Waals surface area contributed by atoms with Crippen LogP contribution >= 0.6 is 11.8 Å². The van der Waals surface area contributed by atoms with Gasteiger partial charge in [0.15, 0.2) is 5.17 Å². The van der Waals surface area contributed by atoms with Crippen LogP contribution in [0.15, 0.2) is 47.7 Å². The van der Waals surface area contributed by atoms with Crippen LogP contribution in [0.1, 0.15) is 27.0 Å². The largest absolute Gasteiger partial charge is 0.286 e. The molecule has 2 aromatic rings. The van der Waals surface area contributed by atoms with E-state index in [0.717, 1.165) is 27.6 Å². The Balaban J connectivity index is 1.70. The molecule has 1 amide bonds. The van der Waals surface area contributed by atoms with E-state index in [2.05, 4.69) is 16.9 Å². The molecule has 3 rings (SSSR count). The number of nitrogens with zero attached hydrogens (tertiary/aromatic N) is 3. The van der Waals surface area contributed by atoms with Crippen LogP contribution in [0.3, 0.4) is 0 Å². The summed E-state index contributed by atoms with van der Waals surface area (Å²) < 4.78 is 0. The fraction of sp³-hybridized carbons (Fsp3) is 0.278. The molecule has 5 heteroatoms. The van der Waals surface area contributed by atoms with Crippen molar-refractivity contribution < 1.29 is 4.79 Å². The van der Waals surface area contributed by atoms with Crippen LogP contribution in [0.25, 0.3) is 0 Å². The Morgan fingerprint density at radius 2 is 2.13 bits per heavy atom. The molecule has 0 N–H and O–H groups in total. The SMILES string of the molecule is Cc1ccc(C(=O)N2CCN=C2SCc2cccnc2)cc1C. The van der Waals surface area contributed by atoms with Crippen molar-refractivity contribution in [3.63, 3.8) is 0 Å². The van der Waals surface area contributed by atoms with Crippen LogP contribution in [-0.2, 0) is 5.75 Å². The molecule has 4 nitrogen and oxygen atoms in total. The lowest BCUT2D eigenvalue weighted by Gasteiger charge is -2.18. The molecule has 23 heavy (non-hydrogen) atoms. The highest BCUT2D eigenvalue weighted by atomic mass is 32.2. The van der Waals surface area contributed by atoms with Gasteiger partial charge in [0, 0.05) is 30.3 Å². The number of carbonyl (C=O) groups excluding carboxylic acids is 1. The third-order valence-electron chi connectivity index (χ3n) is 3.89. The smallest absolute Gasteiger partial charge is 0.259 e. The Bertz CT molecular complexity index is 743. The maximum absolute atomic E-state index is 12.8. The summed E-state index contributed by atoms with van der Waals surface area (Å²) in [5.74, 6) is 0.798. The monoisotopic (exact) mass is 325 g/mol. The second-order valence-corrected chi connectivity index (χ2v) is 6.51. The third kappa shape index (κ3) is 3.62. The zero-order valence-electron chi connectivity index (χ0n) is 13.3. The minimum atomic E-state index is 0.0306. The molecule has 2 heterocycles. The van der Waals surface area contributed by atoms with E-state index < -0.39 is 0 Å². The summed E-state index contributed by atoms with van der Waals surface area (Å²) in [5.41, 5.74) is 4.19. The standard InChI is InChI=1S/C18H19N3OS/c1-13-5-6-16(10-14(13)2)17(22)21-9-8-20-18(21)23-12-15-4-3-7-19-11-15/h3-7,10-11H,8-9,12H2,1-2H3. The predicted molar refractivity (Wildman–Crippen MR) is 94.8 cm³/mol. The van der Waals surface area contributed by atoms with E-state index in [1.54, 1.807) is 22.9 Å². The van der Waals surface area contributed by atoms with Crippen molar-refractivity contribution in [3.8, 4) is 0 Å². The molecular formula is C18H19N3OS. The number of hydrogen-bond donors (Lipinski definition) is 0. The van der Waals surface area contributed by atoms with Crippen LogP contribution in [0.4, 0.5) is 0 Å². The Kier molecular flexibility index (Phi) is 4.76. The van der Waals surface area contributed by atoms with E-state index in [0.29, 0.717) is 13.1 Å². The summed E-state index contributed by atoms with van der Waals surface area (Å²) in [6.07, 6.45) is 3.61. The number of benzene rings is 1. The molecule has 1 aromatic carbocycles. The number of pyridine rings is 1. The number of amidine groups is 1. The molecule has 1 aromatic heterocycles. The number of amides is 1. The highest BCUT2D eigenvalue weighted by Crippen LogP contribution is 2.21. The van der Waals surface area contributed by atoms with E-state index in [1.807, 2.05) is 43.5 Å². The van der Waals surface area contributed by atoms with Gasteiger partial charge >= 0.3 is 0 Å². The van der Waals surface area contributed by atoms with Crippen molar-refractivity contribution in [2.24, 2.45) is 4.99 Å². The fourth-order valence-electron chi connectivity index (χ4n) is 2.40. The molecule has 0 radical (unpaired) electrons. The lowest BCUT2D eigenvalue weighted by molar-refractivity contribution is 0.0860. The van der Waals surface area contributed by atoms with E-state index >= 15 is 0 Å². The van der Waals surface area contributed by atoms with Gasteiger partial charge in [0.25, 0.3) is 5.91 Å². The lowest BCUT2D eigenvalue weighted by Crippen LogP contribution is -2.32. The van der Waals surface area contributed by atoms with E-state index in [4.69, 9.17) is 0 Å². The van der Waals surface area contributed by atoms with Crippen molar-refractivity contribution in [2.45, 2.75) is 19.6 Å². The van der Waals surface area contributed by atoms with Gasteiger partial charge in [-0.1, -0.05) is 23.9 Å². The average molecular weight is 325 g/mol. The summed E-state index contributed by atoms with van der Waals surface area (Å²) >= 11 is 1.59. The quantitative estimate of drug-likeness (QED) is 0.868. The molecule has 0 fully saturated rings. The number of aromatic nitrogens is 1. The Morgan fingerprint density at radius 1 is 1.26 bits per heavy atom. The molecule has 1 aliphatic rings. The van der Waals surface area contributed by atoms with Crippen molar-refractivity contribution in [1.82, 2.24) is 9.88 Å². The first-order valence-corrected chi connectivity index (χ1v) is 8.59. The second-order valence-electron chi connectivity index (χ2n) is 5.57. The molecule has 118 valence electrons. The Labute approximate surface area is 140 Å². The van der Waals surface area contributed by atoms with Gasteiger partial charge in [-0.3, -0.25) is 19.7 Å². The Morgan fingerprint density at radius 3 is 2.87 bits per heavy atom. The summed E-state index contributed by atoms with van der Waals surface area (Å²) in [4.78, 5) is 23.1. The number of rotatable bonds is 3. The van der Waals surface area contributed by atoms with Gasteiger partial charge in [-0.2, -0.15) is 0 Å². The molecule has 0 saturated heterocycles. The molecular weight excluding hydrogens is 306 g/mol. The number of aryl methyl sites for hydroxylation is 2. The van der Waals surface area contributed by atoms with Gasteiger partial charge in [0.2, 0.25) is 0 Å². The first-order chi connectivity index (χ1) is 11.1. The second kappa shape index (κ2) is 6.96. The Hall–Kier alpha value is -2.14. The van der Waals surface area contributed by atoms with E-state index in [9.17, 15) is 4.79 Å². The van der Waals surface area contributed by atoms with Crippen molar-refractivity contribution in [2.75, 3.05) is 13.1 Å². The summed E-state index contributed by atoms with van der Waals surface area (Å²) in [5, 5.41) is 0.803. The van der Waals surface area contributed by atoms with Gasteiger partial charge in [0.05, 0.1) is 6.54 Å². The van der Waals surface area contributed by atoms with Gasteiger partial charge in [-0.15, -0.1) is 0 Å². The lowest BCUT2D eigenvalue weighted by atomic mass is 10.1. The molecule has 1 aliphatic heterocycles. The maximum atomic E-state index is 12.8. The third-order valence-corrected chi connectivity index (χ3v) is 4.98. The van der Waals surface area contributed by atoms with Gasteiger partial charge < -0.3 is 0 Å². The van der Waals surface area contributed by atoms with Crippen LogP contribution in [0.2, 0.25) is 0 Å². The number of thioether (sulfide) groups is 1. The van der Waals surface area contributed by atoms with Gasteiger partial charge in [-0.25, -0.2) is 0 Å². The van der Waals surface area contributed by atoms with Crippen LogP contribution in [0, 0.1) is 13.8 Å². The molecule has 0 spiro atoms. The van der Waals surface area contributed by atoms with Crippen molar-refractivity contribution >= 4 is 22.8 Å². The van der Waals surface area contributed by atoms with Crippen molar-refractivity contribution in [3.05, 3.63) is 65.0 Å². The average Bonchev–Trinajstić information content (AvgIpc) is 3.04. The van der Waals surface area contributed by atoms with Gasteiger partial charge in [-0.05, 0) is 48.7 Å². The molecule has 0 unspecified atom stereocenters. The van der Waals surface area contributed by atoms with Gasteiger partial charge in [0.1, 0.15) is 0 Å². The first-order valence-electron chi connectivity index (χ1n) is 7.60. The molecule has 0 atom stereocenters. The van der Waals surface area contributed by atoms with Crippen molar-refractivity contribution in [1.29, 1.82) is 0 Å². The van der Waals surface area contributed by atoms with Crippen LogP contribution in [-0.4, -0.2) is 34.0 Å². The number of hydrogen-bond acceptors (Lipinski definition) is 4. The maximum Gasteiger partial charge on any atom is 0.259 e. The van der Waals surface area contributed by atoms with E-state index in [1.165, 1.54) is 5.56 Å². The zero-order valence-corrected chi connectivity index (χ0v) is 14.1. The zero-order chi connectivity index (χ0) is 16.2. The highest BCUT2D eigenvalue weighted by Gasteiger charge is 2.25. The summed E-state index contributed by atoms with van der Waals surface area (Å²) in [7, 11) is 0. The highest BCUT2D eigenvalue weighted by molar-refractivity contribution is 8.13. The minimum absolute atomic E-state index is 0.0306. The van der Waals surface area contributed by atoms with E-state index in [-0.39, 0.29) is 5.91 Å². The van der Waals surface area contributed by atoms with Crippen LogP contribution < -0.4 is 0 Å². The number of carbonyl (C=O) groups is 1. The normalized spacial score (nSPS) is 14.0.